The summed E-state index contributed by atoms with van der Waals surface area (Å²) in [6, 6.07) is 4.71. The zero-order chi connectivity index (χ0) is 10.8. The highest BCUT2D eigenvalue weighted by atomic mass is 35.5. The van der Waals surface area contributed by atoms with Gasteiger partial charge in [0.2, 0.25) is 0 Å². The molecule has 0 aliphatic carbocycles. The molecule has 1 aliphatic rings. The van der Waals surface area contributed by atoms with Gasteiger partial charge >= 0.3 is 0 Å². The minimum Gasteiger partial charge on any atom is -0.392 e. The Morgan fingerprint density at radius 2 is 2.33 bits per heavy atom. The first-order valence-electron chi connectivity index (χ1n) is 4.99. The van der Waals surface area contributed by atoms with E-state index in [-0.39, 0.29) is 11.9 Å². The van der Waals surface area contributed by atoms with Gasteiger partial charge in [0.05, 0.1) is 6.10 Å². The summed E-state index contributed by atoms with van der Waals surface area (Å²) in [5, 5.41) is 9.75. The second-order valence-electron chi connectivity index (χ2n) is 3.91. The van der Waals surface area contributed by atoms with Crippen molar-refractivity contribution in [1.29, 1.82) is 0 Å². The Morgan fingerprint density at radius 3 is 2.93 bits per heavy atom. The Labute approximate surface area is 93.3 Å². The number of aliphatic hydroxyl groups excluding tert-OH is 1. The summed E-state index contributed by atoms with van der Waals surface area (Å²) in [4.78, 5) is 2.04. The minimum absolute atomic E-state index is 0.264. The predicted octanol–water partition coefficient (Wildman–Crippen LogP) is 2.05. The van der Waals surface area contributed by atoms with Gasteiger partial charge in [-0.1, -0.05) is 17.7 Å². The maximum absolute atomic E-state index is 13.4. The smallest absolute Gasteiger partial charge is 0.129 e. The zero-order valence-corrected chi connectivity index (χ0v) is 9.04. The highest BCUT2D eigenvalue weighted by Gasteiger charge is 2.20. The maximum atomic E-state index is 13.4. The van der Waals surface area contributed by atoms with Crippen LogP contribution in [0.25, 0.3) is 0 Å². The van der Waals surface area contributed by atoms with Gasteiger partial charge in [-0.15, -0.1) is 0 Å². The lowest BCUT2D eigenvalue weighted by Crippen LogP contribution is -2.22. The number of β-amino-alcohol motifs (C(OH)–C–C–N with tert-alkyl or cyclic N) is 1. The number of nitrogens with zero attached hydrogens (tertiary/aromatic N) is 1. The van der Waals surface area contributed by atoms with Gasteiger partial charge in [0.1, 0.15) is 5.82 Å². The lowest BCUT2D eigenvalue weighted by atomic mass is 10.2. The fourth-order valence-corrected chi connectivity index (χ4v) is 2.01. The first-order chi connectivity index (χ1) is 7.15. The Balaban J connectivity index is 2.04. The number of rotatable bonds is 2. The SMILES string of the molecule is OC1CCN(Cc2ccc(Cl)cc2F)C1. The highest BCUT2D eigenvalue weighted by Crippen LogP contribution is 2.18. The Bertz CT molecular complexity index is 358. The van der Waals surface area contributed by atoms with Crippen molar-refractivity contribution in [1.82, 2.24) is 4.90 Å². The Kier molecular flexibility index (Phi) is 3.24. The number of benzene rings is 1. The molecule has 2 nitrogen and oxygen atoms in total. The third-order valence-corrected chi connectivity index (χ3v) is 2.89. The Hall–Kier alpha value is -0.640. The van der Waals surface area contributed by atoms with Crippen LogP contribution in [0.5, 0.6) is 0 Å². The number of hydrogen-bond donors (Lipinski definition) is 1. The van der Waals surface area contributed by atoms with Crippen molar-refractivity contribution in [3.8, 4) is 0 Å². The highest BCUT2D eigenvalue weighted by molar-refractivity contribution is 6.30. The van der Waals surface area contributed by atoms with Crippen LogP contribution in [0.1, 0.15) is 12.0 Å². The van der Waals surface area contributed by atoms with Gasteiger partial charge in [0, 0.05) is 30.2 Å². The molecule has 0 aromatic heterocycles. The molecular weight excluding hydrogens is 217 g/mol. The summed E-state index contributed by atoms with van der Waals surface area (Å²) in [6.07, 6.45) is 0.509. The molecule has 1 N–H and O–H groups in total. The molecule has 15 heavy (non-hydrogen) atoms. The average molecular weight is 230 g/mol. The minimum atomic E-state index is -0.274. The first-order valence-corrected chi connectivity index (χ1v) is 5.37. The van der Waals surface area contributed by atoms with Crippen LogP contribution >= 0.6 is 11.6 Å². The van der Waals surface area contributed by atoms with Crippen LogP contribution in [0.4, 0.5) is 4.39 Å². The molecule has 1 unspecified atom stereocenters. The van der Waals surface area contributed by atoms with Gasteiger partial charge in [-0.25, -0.2) is 4.39 Å². The zero-order valence-electron chi connectivity index (χ0n) is 8.29. The van der Waals surface area contributed by atoms with Crippen LogP contribution in [-0.2, 0) is 6.54 Å². The topological polar surface area (TPSA) is 23.5 Å². The summed E-state index contributed by atoms with van der Waals surface area (Å²) in [6.45, 7) is 1.99. The van der Waals surface area contributed by atoms with E-state index in [1.807, 2.05) is 4.90 Å². The van der Waals surface area contributed by atoms with E-state index in [9.17, 15) is 9.50 Å². The van der Waals surface area contributed by atoms with Crippen LogP contribution in [0.3, 0.4) is 0 Å². The molecule has 0 bridgehead atoms. The van der Waals surface area contributed by atoms with Crippen LogP contribution in [0.15, 0.2) is 18.2 Å². The van der Waals surface area contributed by atoms with Crippen LogP contribution in [0, 0.1) is 5.82 Å². The summed E-state index contributed by atoms with van der Waals surface area (Å²) in [5.41, 5.74) is 0.633. The number of aliphatic hydroxyl groups is 1. The molecule has 0 radical (unpaired) electrons. The molecule has 1 saturated heterocycles. The van der Waals surface area contributed by atoms with Gasteiger partial charge in [-0.05, 0) is 18.6 Å². The maximum Gasteiger partial charge on any atom is 0.129 e. The molecule has 1 aromatic rings. The first kappa shape index (κ1) is 10.9. The molecule has 0 saturated carbocycles. The summed E-state index contributed by atoms with van der Waals surface area (Å²) in [5.74, 6) is -0.274. The van der Waals surface area contributed by atoms with Crippen molar-refractivity contribution in [2.75, 3.05) is 13.1 Å². The fourth-order valence-electron chi connectivity index (χ4n) is 1.85. The number of likely N-dealkylation sites (tertiary alicyclic amines) is 1. The van der Waals surface area contributed by atoms with Crippen molar-refractivity contribution in [3.63, 3.8) is 0 Å². The monoisotopic (exact) mass is 229 g/mol. The van der Waals surface area contributed by atoms with E-state index in [4.69, 9.17) is 11.6 Å². The second-order valence-corrected chi connectivity index (χ2v) is 4.35. The normalized spacial score (nSPS) is 22.2. The van der Waals surface area contributed by atoms with Crippen LogP contribution in [-0.4, -0.2) is 29.2 Å². The van der Waals surface area contributed by atoms with E-state index < -0.39 is 0 Å². The number of hydrogen-bond acceptors (Lipinski definition) is 2. The van der Waals surface area contributed by atoms with Crippen molar-refractivity contribution in [2.45, 2.75) is 19.1 Å². The largest absolute Gasteiger partial charge is 0.392 e. The second kappa shape index (κ2) is 4.47. The van der Waals surface area contributed by atoms with E-state index >= 15 is 0 Å². The lowest BCUT2D eigenvalue weighted by molar-refractivity contribution is 0.174. The van der Waals surface area contributed by atoms with Crippen molar-refractivity contribution in [2.24, 2.45) is 0 Å². The lowest BCUT2D eigenvalue weighted by Gasteiger charge is -2.15. The van der Waals surface area contributed by atoms with Gasteiger partial charge in [0.25, 0.3) is 0 Å². The Morgan fingerprint density at radius 1 is 1.53 bits per heavy atom. The van der Waals surface area contributed by atoms with E-state index in [1.165, 1.54) is 6.07 Å². The van der Waals surface area contributed by atoms with E-state index in [0.717, 1.165) is 13.0 Å². The van der Waals surface area contributed by atoms with E-state index in [0.29, 0.717) is 23.7 Å². The summed E-state index contributed by atoms with van der Waals surface area (Å²) in [7, 11) is 0. The molecule has 4 heteroatoms. The van der Waals surface area contributed by atoms with Gasteiger partial charge in [0.15, 0.2) is 0 Å². The molecule has 1 aromatic carbocycles. The predicted molar refractivity (Wildman–Crippen MR) is 57.3 cm³/mol. The van der Waals surface area contributed by atoms with Crippen molar-refractivity contribution < 1.29 is 9.50 Å². The molecular formula is C11H13ClFNO. The molecule has 0 spiro atoms. The third-order valence-electron chi connectivity index (χ3n) is 2.66. The van der Waals surface area contributed by atoms with Crippen molar-refractivity contribution in [3.05, 3.63) is 34.6 Å². The van der Waals surface area contributed by atoms with E-state index in [1.54, 1.807) is 12.1 Å². The van der Waals surface area contributed by atoms with Crippen LogP contribution < -0.4 is 0 Å². The summed E-state index contributed by atoms with van der Waals surface area (Å²) >= 11 is 5.66. The van der Waals surface area contributed by atoms with Gasteiger partial charge < -0.3 is 5.11 Å². The average Bonchev–Trinajstić information content (AvgIpc) is 2.56. The van der Waals surface area contributed by atoms with Crippen molar-refractivity contribution >= 4 is 11.6 Å². The van der Waals surface area contributed by atoms with Crippen LogP contribution in [0.2, 0.25) is 5.02 Å². The standard InChI is InChI=1S/C11H13ClFNO/c12-9-2-1-8(11(13)5-9)6-14-4-3-10(15)7-14/h1-2,5,10,15H,3-4,6-7H2. The third kappa shape index (κ3) is 2.68. The van der Waals surface area contributed by atoms with Gasteiger partial charge in [-0.2, -0.15) is 0 Å². The summed E-state index contributed by atoms with van der Waals surface area (Å²) < 4.78 is 13.4. The molecule has 1 fully saturated rings. The number of halogens is 2. The van der Waals surface area contributed by atoms with E-state index in [2.05, 4.69) is 0 Å². The molecule has 2 rings (SSSR count). The molecule has 1 atom stereocenters. The van der Waals surface area contributed by atoms with Gasteiger partial charge in [-0.3, -0.25) is 4.90 Å². The fraction of sp³-hybridized carbons (Fsp3) is 0.455. The quantitative estimate of drug-likeness (QED) is 0.839. The molecule has 82 valence electrons. The molecule has 1 aliphatic heterocycles. The molecule has 1 heterocycles. The molecule has 0 amide bonds.